The molecule has 3 heterocycles. The van der Waals surface area contributed by atoms with Crippen molar-refractivity contribution in [3.8, 4) is 11.3 Å². The highest BCUT2D eigenvalue weighted by Crippen LogP contribution is 2.29. The molecule has 0 aliphatic rings. The molecular formula is C17H17F3N6O. The van der Waals surface area contributed by atoms with E-state index in [-0.39, 0.29) is 5.82 Å². The van der Waals surface area contributed by atoms with E-state index >= 15 is 0 Å². The summed E-state index contributed by atoms with van der Waals surface area (Å²) in [7, 11) is 0. The first-order chi connectivity index (χ1) is 12.7. The maximum absolute atomic E-state index is 13.0. The zero-order valence-corrected chi connectivity index (χ0v) is 14.6. The molecule has 0 bridgehead atoms. The Bertz CT molecular complexity index is 984. The molecule has 3 aromatic rings. The van der Waals surface area contributed by atoms with Crippen LogP contribution in [0.15, 0.2) is 30.9 Å². The van der Waals surface area contributed by atoms with Crippen molar-refractivity contribution in [1.29, 1.82) is 0 Å². The van der Waals surface area contributed by atoms with E-state index in [4.69, 9.17) is 5.73 Å². The van der Waals surface area contributed by atoms with Gasteiger partial charge in [-0.2, -0.15) is 13.2 Å². The van der Waals surface area contributed by atoms with Gasteiger partial charge in [0, 0.05) is 23.3 Å². The second-order valence-corrected chi connectivity index (χ2v) is 6.20. The predicted molar refractivity (Wildman–Crippen MR) is 93.9 cm³/mol. The van der Waals surface area contributed by atoms with Crippen LogP contribution in [0.2, 0.25) is 0 Å². The minimum atomic E-state index is -4.54. The van der Waals surface area contributed by atoms with Crippen LogP contribution in [0.25, 0.3) is 22.3 Å². The lowest BCUT2D eigenvalue weighted by molar-refractivity contribution is -0.125. The molecule has 27 heavy (non-hydrogen) atoms. The number of primary amides is 1. The molecule has 0 saturated heterocycles. The smallest absolute Gasteiger partial charge is 0.368 e. The predicted octanol–water partition coefficient (Wildman–Crippen LogP) is 2.57. The molecule has 0 fully saturated rings. The number of carbonyl (C=O) groups is 1. The summed E-state index contributed by atoms with van der Waals surface area (Å²) in [6, 6.07) is 0.685. The molecule has 10 heteroatoms. The molecule has 3 N–H and O–H groups in total. The number of nitrogens with one attached hydrogen (secondary N) is 1. The van der Waals surface area contributed by atoms with Gasteiger partial charge in [0.2, 0.25) is 5.91 Å². The number of pyridine rings is 1. The first-order valence-electron chi connectivity index (χ1n) is 8.04. The molecule has 3 aromatic heterocycles. The van der Waals surface area contributed by atoms with Crippen molar-refractivity contribution in [3.05, 3.63) is 36.4 Å². The molecular weight excluding hydrogens is 361 g/mol. The molecule has 0 aliphatic heterocycles. The van der Waals surface area contributed by atoms with Crippen molar-refractivity contribution in [2.75, 3.05) is 11.4 Å². The SMILES string of the molecule is Cc1cnc2[nH]cc(-c3cncc(N(CC(F)(F)F)[C@H](C)C(N)=O)n3)c2c1. The minimum Gasteiger partial charge on any atom is -0.368 e. The summed E-state index contributed by atoms with van der Waals surface area (Å²) in [4.78, 5) is 27.8. The monoisotopic (exact) mass is 378 g/mol. The number of amides is 1. The van der Waals surface area contributed by atoms with Crippen LogP contribution in [0.3, 0.4) is 0 Å². The van der Waals surface area contributed by atoms with Crippen molar-refractivity contribution in [2.45, 2.75) is 26.1 Å². The summed E-state index contributed by atoms with van der Waals surface area (Å²) in [6.07, 6.45) is 1.44. The maximum Gasteiger partial charge on any atom is 0.406 e. The fourth-order valence-corrected chi connectivity index (χ4v) is 2.71. The van der Waals surface area contributed by atoms with E-state index in [1.165, 1.54) is 19.3 Å². The van der Waals surface area contributed by atoms with Gasteiger partial charge >= 0.3 is 6.18 Å². The van der Waals surface area contributed by atoms with Gasteiger partial charge in [0.15, 0.2) is 0 Å². The van der Waals surface area contributed by atoms with Crippen LogP contribution in [-0.4, -0.2) is 44.6 Å². The van der Waals surface area contributed by atoms with Crippen LogP contribution >= 0.6 is 0 Å². The quantitative estimate of drug-likeness (QED) is 0.711. The Morgan fingerprint density at radius 1 is 1.33 bits per heavy atom. The second kappa shape index (κ2) is 6.86. The fourth-order valence-electron chi connectivity index (χ4n) is 2.71. The summed E-state index contributed by atoms with van der Waals surface area (Å²) in [5, 5.41) is 0.770. The lowest BCUT2D eigenvalue weighted by Crippen LogP contribution is -2.47. The molecule has 1 amide bonds. The van der Waals surface area contributed by atoms with Gasteiger partial charge in [-0.15, -0.1) is 0 Å². The zero-order valence-electron chi connectivity index (χ0n) is 14.6. The number of fused-ring (bicyclic) bond motifs is 1. The summed E-state index contributed by atoms with van der Waals surface area (Å²) >= 11 is 0. The third-order valence-electron chi connectivity index (χ3n) is 4.09. The largest absolute Gasteiger partial charge is 0.406 e. The molecule has 0 spiro atoms. The van der Waals surface area contributed by atoms with Gasteiger partial charge in [-0.1, -0.05) is 0 Å². The number of H-pyrrole nitrogens is 1. The molecule has 0 radical (unpaired) electrons. The molecule has 0 unspecified atom stereocenters. The van der Waals surface area contributed by atoms with Gasteiger partial charge in [0.25, 0.3) is 0 Å². The fraction of sp³-hybridized carbons (Fsp3) is 0.294. The minimum absolute atomic E-state index is 0.0916. The normalized spacial score (nSPS) is 12.9. The van der Waals surface area contributed by atoms with Gasteiger partial charge in [-0.3, -0.25) is 9.78 Å². The first kappa shape index (κ1) is 18.6. The highest BCUT2D eigenvalue weighted by atomic mass is 19.4. The Balaban J connectivity index is 2.06. The number of anilines is 1. The third-order valence-corrected chi connectivity index (χ3v) is 4.09. The Kier molecular flexibility index (Phi) is 4.73. The number of rotatable bonds is 5. The summed E-state index contributed by atoms with van der Waals surface area (Å²) in [6.45, 7) is 1.80. The van der Waals surface area contributed by atoms with E-state index in [2.05, 4.69) is 19.9 Å². The molecule has 1 atom stereocenters. The number of aromatic amines is 1. The number of nitrogens with two attached hydrogens (primary N) is 1. The zero-order chi connectivity index (χ0) is 19.8. The maximum atomic E-state index is 13.0. The van der Waals surface area contributed by atoms with E-state index in [1.54, 1.807) is 12.4 Å². The number of hydrogen-bond acceptors (Lipinski definition) is 5. The van der Waals surface area contributed by atoms with Crippen molar-refractivity contribution < 1.29 is 18.0 Å². The van der Waals surface area contributed by atoms with Crippen molar-refractivity contribution >= 4 is 22.8 Å². The molecule has 0 saturated carbocycles. The number of nitrogens with zero attached hydrogens (tertiary/aromatic N) is 4. The number of aryl methyl sites for hydroxylation is 1. The van der Waals surface area contributed by atoms with Gasteiger partial charge in [0.1, 0.15) is 24.1 Å². The second-order valence-electron chi connectivity index (χ2n) is 6.20. The van der Waals surface area contributed by atoms with Crippen molar-refractivity contribution in [1.82, 2.24) is 19.9 Å². The van der Waals surface area contributed by atoms with Gasteiger partial charge < -0.3 is 15.6 Å². The lowest BCUT2D eigenvalue weighted by Gasteiger charge is -2.29. The average Bonchev–Trinajstić information content (AvgIpc) is 3.01. The third kappa shape index (κ3) is 3.99. The summed E-state index contributed by atoms with van der Waals surface area (Å²) < 4.78 is 39.0. The Labute approximate surface area is 152 Å². The number of carbonyl (C=O) groups excluding carboxylic acids is 1. The first-order valence-corrected chi connectivity index (χ1v) is 8.04. The van der Waals surface area contributed by atoms with Crippen LogP contribution in [0.4, 0.5) is 19.0 Å². The van der Waals surface area contributed by atoms with Gasteiger partial charge in [-0.05, 0) is 25.5 Å². The van der Waals surface area contributed by atoms with Crippen molar-refractivity contribution in [3.63, 3.8) is 0 Å². The van der Waals surface area contributed by atoms with E-state index in [0.29, 0.717) is 16.9 Å². The topological polar surface area (TPSA) is 101 Å². The van der Waals surface area contributed by atoms with Crippen molar-refractivity contribution in [2.24, 2.45) is 5.73 Å². The van der Waals surface area contributed by atoms with Crippen LogP contribution < -0.4 is 10.6 Å². The van der Waals surface area contributed by atoms with E-state index in [9.17, 15) is 18.0 Å². The van der Waals surface area contributed by atoms with E-state index < -0.39 is 24.7 Å². The average molecular weight is 378 g/mol. The highest BCUT2D eigenvalue weighted by molar-refractivity contribution is 5.93. The van der Waals surface area contributed by atoms with Crippen LogP contribution in [0.5, 0.6) is 0 Å². The highest BCUT2D eigenvalue weighted by Gasteiger charge is 2.35. The van der Waals surface area contributed by atoms with E-state index in [0.717, 1.165) is 15.8 Å². The molecule has 3 rings (SSSR count). The molecule has 0 aromatic carbocycles. The standard InChI is InChI=1S/C17H17F3N6O/c1-9-3-11-12(5-24-16(11)23-4-9)13-6-22-7-14(25-13)26(8-17(18,19)20)10(2)15(21)27/h3-7,10H,8H2,1-2H3,(H2,21,27)(H,23,24)/t10-/m1/s1. The van der Waals surface area contributed by atoms with Gasteiger partial charge in [-0.25, -0.2) is 9.97 Å². The van der Waals surface area contributed by atoms with Crippen LogP contribution in [0, 0.1) is 6.92 Å². The number of halogens is 3. The number of hydrogen-bond donors (Lipinski definition) is 2. The lowest BCUT2D eigenvalue weighted by atomic mass is 10.1. The van der Waals surface area contributed by atoms with Crippen LogP contribution in [-0.2, 0) is 4.79 Å². The van der Waals surface area contributed by atoms with E-state index in [1.807, 2.05) is 13.0 Å². The number of alkyl halides is 3. The molecule has 0 aliphatic carbocycles. The summed E-state index contributed by atoms with van der Waals surface area (Å²) in [5.74, 6) is -0.982. The van der Waals surface area contributed by atoms with Crippen LogP contribution in [0.1, 0.15) is 12.5 Å². The molecule has 7 nitrogen and oxygen atoms in total. The molecule has 142 valence electrons. The summed E-state index contributed by atoms with van der Waals surface area (Å²) in [5.41, 5.74) is 7.76. The Morgan fingerprint density at radius 3 is 2.74 bits per heavy atom. The number of aromatic nitrogens is 4. The van der Waals surface area contributed by atoms with Gasteiger partial charge in [0.05, 0.1) is 18.1 Å². The Hall–Kier alpha value is -3.17. The Morgan fingerprint density at radius 2 is 2.07 bits per heavy atom.